The molecule has 2 aromatic carbocycles. The van der Waals surface area contributed by atoms with Gasteiger partial charge in [-0.1, -0.05) is 48.5 Å². The molecule has 103 valence electrons. The first-order valence-electron chi connectivity index (χ1n) is 7.28. The Kier molecular flexibility index (Phi) is 4.46. The summed E-state index contributed by atoms with van der Waals surface area (Å²) in [5.41, 5.74) is 3.84. The van der Waals surface area contributed by atoms with Crippen LogP contribution in [0, 0.1) is 6.07 Å². The standard InChI is InChI=1S/C18H20NO/c1-2-6-17(7-3-1)18-8-4-5-16(15-18)9-10-19-11-13-20-14-12-19/h1-4,6-8,15H,9-14H2. The Morgan fingerprint density at radius 2 is 1.80 bits per heavy atom. The third-order valence-corrected chi connectivity index (χ3v) is 3.77. The predicted molar refractivity (Wildman–Crippen MR) is 81.7 cm³/mol. The van der Waals surface area contributed by atoms with Crippen molar-refractivity contribution in [2.45, 2.75) is 6.42 Å². The average molecular weight is 266 g/mol. The first-order chi connectivity index (χ1) is 9.92. The summed E-state index contributed by atoms with van der Waals surface area (Å²) in [6, 6.07) is 20.3. The van der Waals surface area contributed by atoms with Crippen molar-refractivity contribution in [1.29, 1.82) is 0 Å². The molecule has 0 spiro atoms. The van der Waals surface area contributed by atoms with Crippen LogP contribution in [-0.2, 0) is 11.2 Å². The molecule has 0 atom stereocenters. The summed E-state index contributed by atoms with van der Waals surface area (Å²) in [6.45, 7) is 4.94. The van der Waals surface area contributed by atoms with E-state index in [4.69, 9.17) is 4.74 Å². The van der Waals surface area contributed by atoms with Crippen LogP contribution in [0.2, 0.25) is 0 Å². The SMILES string of the molecule is [c]1ccc(-c2ccccc2)cc1CCN1CCOCC1. The number of benzene rings is 2. The van der Waals surface area contributed by atoms with Gasteiger partial charge in [-0.2, -0.15) is 0 Å². The van der Waals surface area contributed by atoms with Gasteiger partial charge in [0.25, 0.3) is 0 Å². The van der Waals surface area contributed by atoms with E-state index in [1.807, 2.05) is 6.07 Å². The lowest BCUT2D eigenvalue weighted by molar-refractivity contribution is 0.0384. The molecule has 0 N–H and O–H groups in total. The van der Waals surface area contributed by atoms with Crippen LogP contribution in [0.15, 0.2) is 48.5 Å². The van der Waals surface area contributed by atoms with Crippen LogP contribution in [0.5, 0.6) is 0 Å². The van der Waals surface area contributed by atoms with Gasteiger partial charge in [-0.15, -0.1) is 0 Å². The van der Waals surface area contributed by atoms with Crippen molar-refractivity contribution in [1.82, 2.24) is 4.90 Å². The Labute approximate surface area is 121 Å². The summed E-state index contributed by atoms with van der Waals surface area (Å²) in [5, 5.41) is 0. The maximum Gasteiger partial charge on any atom is 0.0594 e. The van der Waals surface area contributed by atoms with Crippen molar-refractivity contribution in [3.05, 3.63) is 60.2 Å². The second kappa shape index (κ2) is 6.69. The largest absolute Gasteiger partial charge is 0.379 e. The van der Waals surface area contributed by atoms with E-state index < -0.39 is 0 Å². The molecular formula is C18H20NO. The van der Waals surface area contributed by atoms with E-state index >= 15 is 0 Å². The molecule has 2 heteroatoms. The van der Waals surface area contributed by atoms with Crippen LogP contribution >= 0.6 is 0 Å². The number of rotatable bonds is 4. The third-order valence-electron chi connectivity index (χ3n) is 3.77. The predicted octanol–water partition coefficient (Wildman–Crippen LogP) is 3.03. The van der Waals surface area contributed by atoms with Crippen LogP contribution in [0.3, 0.4) is 0 Å². The molecule has 2 nitrogen and oxygen atoms in total. The minimum atomic E-state index is 0.869. The Morgan fingerprint density at radius 1 is 1.00 bits per heavy atom. The van der Waals surface area contributed by atoms with E-state index in [2.05, 4.69) is 53.4 Å². The fourth-order valence-electron chi connectivity index (χ4n) is 2.57. The Hall–Kier alpha value is -1.64. The third kappa shape index (κ3) is 3.47. The molecule has 1 heterocycles. The zero-order valence-electron chi connectivity index (χ0n) is 11.7. The monoisotopic (exact) mass is 266 g/mol. The fraction of sp³-hybridized carbons (Fsp3) is 0.333. The summed E-state index contributed by atoms with van der Waals surface area (Å²) in [4.78, 5) is 2.46. The minimum Gasteiger partial charge on any atom is -0.379 e. The van der Waals surface area contributed by atoms with Crippen molar-refractivity contribution in [3.63, 3.8) is 0 Å². The Bertz CT molecular complexity index is 532. The smallest absolute Gasteiger partial charge is 0.0594 e. The maximum absolute atomic E-state index is 5.38. The van der Waals surface area contributed by atoms with Gasteiger partial charge in [0.15, 0.2) is 0 Å². The van der Waals surface area contributed by atoms with Crippen LogP contribution in [0.25, 0.3) is 11.1 Å². The molecule has 3 rings (SSSR count). The van der Waals surface area contributed by atoms with Crippen LogP contribution in [-0.4, -0.2) is 37.7 Å². The van der Waals surface area contributed by atoms with Gasteiger partial charge in [-0.3, -0.25) is 4.90 Å². The van der Waals surface area contributed by atoms with Gasteiger partial charge in [0.05, 0.1) is 13.2 Å². The van der Waals surface area contributed by atoms with Crippen molar-refractivity contribution in [2.75, 3.05) is 32.8 Å². The first kappa shape index (κ1) is 13.3. The second-order valence-electron chi connectivity index (χ2n) is 5.17. The van der Waals surface area contributed by atoms with Gasteiger partial charge >= 0.3 is 0 Å². The zero-order chi connectivity index (χ0) is 13.6. The van der Waals surface area contributed by atoms with Gasteiger partial charge in [0.2, 0.25) is 0 Å². The molecule has 0 aromatic heterocycles. The van der Waals surface area contributed by atoms with E-state index in [0.29, 0.717) is 0 Å². The molecule has 20 heavy (non-hydrogen) atoms. The lowest BCUT2D eigenvalue weighted by Gasteiger charge is -2.26. The van der Waals surface area contributed by atoms with E-state index in [1.54, 1.807) is 0 Å². The van der Waals surface area contributed by atoms with Crippen LogP contribution in [0.4, 0.5) is 0 Å². The highest BCUT2D eigenvalue weighted by Gasteiger charge is 2.10. The van der Waals surface area contributed by atoms with E-state index in [9.17, 15) is 0 Å². The van der Waals surface area contributed by atoms with Crippen LogP contribution in [0.1, 0.15) is 5.56 Å². The highest BCUT2D eigenvalue weighted by atomic mass is 16.5. The zero-order valence-corrected chi connectivity index (χ0v) is 11.7. The first-order valence-corrected chi connectivity index (χ1v) is 7.28. The Morgan fingerprint density at radius 3 is 2.60 bits per heavy atom. The average Bonchev–Trinajstić information content (AvgIpc) is 2.55. The van der Waals surface area contributed by atoms with Gasteiger partial charge in [0.1, 0.15) is 0 Å². The number of hydrogen-bond acceptors (Lipinski definition) is 2. The van der Waals surface area contributed by atoms with Crippen molar-refractivity contribution >= 4 is 0 Å². The molecule has 0 aliphatic carbocycles. The highest BCUT2D eigenvalue weighted by molar-refractivity contribution is 5.63. The van der Waals surface area contributed by atoms with Crippen molar-refractivity contribution in [3.8, 4) is 11.1 Å². The van der Waals surface area contributed by atoms with Gasteiger partial charge in [0, 0.05) is 19.6 Å². The lowest BCUT2D eigenvalue weighted by atomic mass is 10.0. The molecule has 0 amide bonds. The summed E-state index contributed by atoms with van der Waals surface area (Å²) >= 11 is 0. The highest BCUT2D eigenvalue weighted by Crippen LogP contribution is 2.20. The molecule has 1 aliphatic rings. The second-order valence-corrected chi connectivity index (χ2v) is 5.17. The normalized spacial score (nSPS) is 16.2. The van der Waals surface area contributed by atoms with Crippen LogP contribution < -0.4 is 0 Å². The summed E-state index contributed by atoms with van der Waals surface area (Å²) in [7, 11) is 0. The minimum absolute atomic E-state index is 0.869. The summed E-state index contributed by atoms with van der Waals surface area (Å²) in [6.07, 6.45) is 1.06. The molecule has 1 aliphatic heterocycles. The molecule has 1 fully saturated rings. The number of nitrogens with zero attached hydrogens (tertiary/aromatic N) is 1. The molecule has 0 unspecified atom stereocenters. The topological polar surface area (TPSA) is 12.5 Å². The molecule has 0 bridgehead atoms. The Balaban J connectivity index is 1.65. The van der Waals surface area contributed by atoms with E-state index in [1.165, 1.54) is 16.7 Å². The summed E-state index contributed by atoms with van der Waals surface area (Å²) in [5.74, 6) is 0. The van der Waals surface area contributed by atoms with E-state index in [-0.39, 0.29) is 0 Å². The number of morpholine rings is 1. The van der Waals surface area contributed by atoms with Gasteiger partial charge in [-0.05, 0) is 29.2 Å². The maximum atomic E-state index is 5.38. The molecule has 1 saturated heterocycles. The van der Waals surface area contributed by atoms with Crippen molar-refractivity contribution in [2.24, 2.45) is 0 Å². The molecule has 0 saturated carbocycles. The van der Waals surface area contributed by atoms with E-state index in [0.717, 1.165) is 39.3 Å². The fourth-order valence-corrected chi connectivity index (χ4v) is 2.57. The van der Waals surface area contributed by atoms with Crippen molar-refractivity contribution < 1.29 is 4.74 Å². The molecular weight excluding hydrogens is 246 g/mol. The molecule has 1 radical (unpaired) electrons. The van der Waals surface area contributed by atoms with Gasteiger partial charge in [-0.25, -0.2) is 0 Å². The lowest BCUT2D eigenvalue weighted by Crippen LogP contribution is -2.37. The number of ether oxygens (including phenoxy) is 1. The number of hydrogen-bond donors (Lipinski definition) is 0. The van der Waals surface area contributed by atoms with Gasteiger partial charge < -0.3 is 4.74 Å². The quantitative estimate of drug-likeness (QED) is 0.843. The molecule has 2 aromatic rings. The summed E-state index contributed by atoms with van der Waals surface area (Å²) < 4.78 is 5.38.